The molecule has 0 amide bonds. The predicted molar refractivity (Wildman–Crippen MR) is 59.5 cm³/mol. The molecule has 1 fully saturated rings. The molecule has 2 nitrogen and oxygen atoms in total. The zero-order chi connectivity index (χ0) is 10.7. The maximum atomic E-state index is 9.71. The molecule has 0 saturated carbocycles. The first-order valence-electron chi connectivity index (χ1n) is 5.30. The molecule has 80 valence electrons. The van der Waals surface area contributed by atoms with Crippen LogP contribution < -0.4 is 0 Å². The Labute approximate surface area is 90.2 Å². The van der Waals surface area contributed by atoms with Crippen LogP contribution in [-0.4, -0.2) is 17.3 Å². The topological polar surface area (TPSA) is 29.5 Å². The highest BCUT2D eigenvalue weighted by molar-refractivity contribution is 5.18. The van der Waals surface area contributed by atoms with Gasteiger partial charge >= 0.3 is 0 Å². The van der Waals surface area contributed by atoms with Gasteiger partial charge in [-0.1, -0.05) is 36.4 Å². The van der Waals surface area contributed by atoms with Crippen molar-refractivity contribution in [3.05, 3.63) is 48.6 Å². The van der Waals surface area contributed by atoms with Crippen LogP contribution in [0.1, 0.15) is 24.5 Å². The second-order valence-corrected chi connectivity index (χ2v) is 3.93. The van der Waals surface area contributed by atoms with Gasteiger partial charge in [-0.25, -0.2) is 0 Å². The van der Waals surface area contributed by atoms with Crippen LogP contribution in [-0.2, 0) is 4.74 Å². The van der Waals surface area contributed by atoms with Crippen molar-refractivity contribution in [2.75, 3.05) is 0 Å². The van der Waals surface area contributed by atoms with E-state index >= 15 is 0 Å². The molecule has 0 aliphatic carbocycles. The Morgan fingerprint density at radius 3 is 2.67 bits per heavy atom. The van der Waals surface area contributed by atoms with Crippen molar-refractivity contribution in [2.45, 2.75) is 31.2 Å². The van der Waals surface area contributed by atoms with E-state index in [0.29, 0.717) is 12.8 Å². The van der Waals surface area contributed by atoms with Crippen molar-refractivity contribution in [2.24, 2.45) is 0 Å². The maximum absolute atomic E-state index is 9.71. The van der Waals surface area contributed by atoms with Crippen LogP contribution in [0.3, 0.4) is 0 Å². The summed E-state index contributed by atoms with van der Waals surface area (Å²) in [6.07, 6.45) is 2.78. The molecule has 0 unspecified atom stereocenters. The molecule has 0 radical (unpaired) electrons. The standard InChI is InChI=1S/C13H16O2/c1-2-12-8-11(14)9-13(15-12)10-6-4-3-5-7-10/h2-7,11-14H,1,8-9H2/t11-,12-,13+/m0/s1. The minimum absolute atomic E-state index is 0.00190. The third-order valence-corrected chi connectivity index (χ3v) is 2.76. The highest BCUT2D eigenvalue weighted by atomic mass is 16.5. The van der Waals surface area contributed by atoms with Crippen LogP contribution in [0, 0.1) is 0 Å². The summed E-state index contributed by atoms with van der Waals surface area (Å²) in [5.74, 6) is 0. The van der Waals surface area contributed by atoms with Gasteiger partial charge in [0.25, 0.3) is 0 Å². The molecule has 0 aromatic heterocycles. The molecule has 1 aromatic carbocycles. The SMILES string of the molecule is C=C[C@H]1C[C@H](O)C[C@H](c2ccccc2)O1. The Morgan fingerprint density at radius 2 is 2.00 bits per heavy atom. The van der Waals surface area contributed by atoms with Gasteiger partial charge in [-0.2, -0.15) is 0 Å². The largest absolute Gasteiger partial charge is 0.393 e. The van der Waals surface area contributed by atoms with Gasteiger partial charge in [0.05, 0.1) is 18.3 Å². The Hall–Kier alpha value is -1.12. The summed E-state index contributed by atoms with van der Waals surface area (Å²) in [7, 11) is 0. The van der Waals surface area contributed by atoms with Gasteiger partial charge in [0.15, 0.2) is 0 Å². The predicted octanol–water partition coefficient (Wildman–Crippen LogP) is 2.45. The number of benzene rings is 1. The first kappa shape index (κ1) is 10.4. The molecule has 0 bridgehead atoms. The normalized spacial score (nSPS) is 31.1. The molecule has 1 aliphatic rings. The Bertz CT molecular complexity index is 321. The van der Waals surface area contributed by atoms with Crippen LogP contribution in [0.25, 0.3) is 0 Å². The van der Waals surface area contributed by atoms with E-state index in [1.807, 2.05) is 30.3 Å². The smallest absolute Gasteiger partial charge is 0.0857 e. The molecule has 1 aromatic rings. The number of rotatable bonds is 2. The first-order chi connectivity index (χ1) is 7.29. The second-order valence-electron chi connectivity index (χ2n) is 3.93. The highest BCUT2D eigenvalue weighted by Gasteiger charge is 2.27. The van der Waals surface area contributed by atoms with E-state index in [4.69, 9.17) is 4.74 Å². The molecule has 1 aliphatic heterocycles. The average Bonchev–Trinajstić information content (AvgIpc) is 2.29. The lowest BCUT2D eigenvalue weighted by Gasteiger charge is -2.31. The van der Waals surface area contributed by atoms with Crippen LogP contribution >= 0.6 is 0 Å². The van der Waals surface area contributed by atoms with E-state index in [0.717, 1.165) is 5.56 Å². The molecule has 2 rings (SSSR count). The maximum Gasteiger partial charge on any atom is 0.0857 e. The van der Waals surface area contributed by atoms with Crippen molar-refractivity contribution in [1.29, 1.82) is 0 Å². The number of hydrogen-bond donors (Lipinski definition) is 1. The van der Waals surface area contributed by atoms with E-state index in [2.05, 4.69) is 6.58 Å². The molecule has 3 atom stereocenters. The lowest BCUT2D eigenvalue weighted by Crippen LogP contribution is -2.29. The van der Waals surface area contributed by atoms with Crippen molar-refractivity contribution in [1.82, 2.24) is 0 Å². The zero-order valence-corrected chi connectivity index (χ0v) is 8.67. The number of aliphatic hydroxyl groups excluding tert-OH is 1. The fourth-order valence-corrected chi connectivity index (χ4v) is 1.97. The van der Waals surface area contributed by atoms with Gasteiger partial charge in [-0.3, -0.25) is 0 Å². The summed E-state index contributed by atoms with van der Waals surface area (Å²) in [5.41, 5.74) is 1.13. The molecule has 1 saturated heterocycles. The van der Waals surface area contributed by atoms with Crippen LogP contribution in [0.15, 0.2) is 43.0 Å². The first-order valence-corrected chi connectivity index (χ1v) is 5.30. The summed E-state index contributed by atoms with van der Waals surface area (Å²) in [6, 6.07) is 10.0. The fourth-order valence-electron chi connectivity index (χ4n) is 1.97. The number of aliphatic hydroxyl groups is 1. The third-order valence-electron chi connectivity index (χ3n) is 2.76. The molecule has 1 N–H and O–H groups in total. The van der Waals surface area contributed by atoms with Crippen LogP contribution in [0.2, 0.25) is 0 Å². The van der Waals surface area contributed by atoms with E-state index in [1.54, 1.807) is 6.08 Å². The fraction of sp³-hybridized carbons (Fsp3) is 0.385. The zero-order valence-electron chi connectivity index (χ0n) is 8.67. The Morgan fingerprint density at radius 1 is 1.27 bits per heavy atom. The third kappa shape index (κ3) is 2.46. The summed E-state index contributed by atoms with van der Waals surface area (Å²) < 4.78 is 5.81. The van der Waals surface area contributed by atoms with Crippen molar-refractivity contribution in [3.63, 3.8) is 0 Å². The molecule has 0 spiro atoms. The summed E-state index contributed by atoms with van der Waals surface area (Å²) >= 11 is 0. The molecular weight excluding hydrogens is 188 g/mol. The van der Waals surface area contributed by atoms with Gasteiger partial charge in [0, 0.05) is 12.8 Å². The van der Waals surface area contributed by atoms with E-state index in [1.165, 1.54) is 0 Å². The minimum Gasteiger partial charge on any atom is -0.393 e. The van der Waals surface area contributed by atoms with Crippen LogP contribution in [0.5, 0.6) is 0 Å². The minimum atomic E-state index is -0.285. The quantitative estimate of drug-likeness (QED) is 0.750. The van der Waals surface area contributed by atoms with E-state index < -0.39 is 0 Å². The van der Waals surface area contributed by atoms with Crippen molar-refractivity contribution >= 4 is 0 Å². The molecule has 1 heterocycles. The van der Waals surface area contributed by atoms with Gasteiger partial charge < -0.3 is 9.84 Å². The van der Waals surface area contributed by atoms with E-state index in [9.17, 15) is 5.11 Å². The van der Waals surface area contributed by atoms with Gasteiger partial charge in [0.2, 0.25) is 0 Å². The van der Waals surface area contributed by atoms with E-state index in [-0.39, 0.29) is 18.3 Å². The monoisotopic (exact) mass is 204 g/mol. The molecular formula is C13H16O2. The van der Waals surface area contributed by atoms with Gasteiger partial charge in [-0.05, 0) is 5.56 Å². The van der Waals surface area contributed by atoms with Gasteiger partial charge in [0.1, 0.15) is 0 Å². The molecule has 2 heteroatoms. The van der Waals surface area contributed by atoms with Gasteiger partial charge in [-0.15, -0.1) is 6.58 Å². The lowest BCUT2D eigenvalue weighted by molar-refractivity contribution is -0.0776. The average molecular weight is 204 g/mol. The summed E-state index contributed by atoms with van der Waals surface area (Å²) in [4.78, 5) is 0. The second kappa shape index (κ2) is 4.60. The van der Waals surface area contributed by atoms with Crippen molar-refractivity contribution < 1.29 is 9.84 Å². The summed E-state index contributed by atoms with van der Waals surface area (Å²) in [6.45, 7) is 3.71. The molecule has 15 heavy (non-hydrogen) atoms. The summed E-state index contributed by atoms with van der Waals surface area (Å²) in [5, 5.41) is 9.71. The number of hydrogen-bond acceptors (Lipinski definition) is 2. The lowest BCUT2D eigenvalue weighted by atomic mass is 9.96. The Balaban J connectivity index is 2.12. The highest BCUT2D eigenvalue weighted by Crippen LogP contribution is 2.31. The Kier molecular flexibility index (Phi) is 3.19. The van der Waals surface area contributed by atoms with Crippen molar-refractivity contribution in [3.8, 4) is 0 Å². The number of ether oxygens (including phenoxy) is 1. The van der Waals surface area contributed by atoms with Crippen LogP contribution in [0.4, 0.5) is 0 Å².